The van der Waals surface area contributed by atoms with Gasteiger partial charge >= 0.3 is 5.97 Å². The summed E-state index contributed by atoms with van der Waals surface area (Å²) >= 11 is 0. The van der Waals surface area contributed by atoms with Crippen LogP contribution in [0.15, 0.2) is 0 Å². The van der Waals surface area contributed by atoms with Gasteiger partial charge in [-0.15, -0.1) is 0 Å². The molecule has 0 N–H and O–H groups in total. The Morgan fingerprint density at radius 2 is 2.55 bits per heavy atom. The van der Waals surface area contributed by atoms with Crippen LogP contribution in [0, 0.1) is 0 Å². The molecule has 1 rings (SSSR count). The summed E-state index contributed by atoms with van der Waals surface area (Å²) in [7, 11) is 1.19. The molecule has 2 atom stereocenters. The molecule has 1 aliphatic heterocycles. The quantitative estimate of drug-likeness (QED) is 0.384. The maximum absolute atomic E-state index is 12.7. The predicted octanol–water partition coefficient (Wildman–Crippen LogP) is -0.542. The fourth-order valence-electron chi connectivity index (χ4n) is 0.827. The van der Waals surface area contributed by atoms with Gasteiger partial charge in [0.25, 0.3) is 0 Å². The molecule has 1 fully saturated rings. The van der Waals surface area contributed by atoms with Crippen LogP contribution in [0.4, 0.5) is 4.39 Å². The van der Waals surface area contributed by atoms with E-state index in [2.05, 4.69) is 10.1 Å². The molecule has 1 aliphatic rings. The smallest absolute Gasteiger partial charge is 0.339 e. The van der Waals surface area contributed by atoms with E-state index in [1.165, 1.54) is 7.11 Å². The van der Waals surface area contributed by atoms with Gasteiger partial charge in [-0.25, -0.2) is 14.5 Å². The molecule has 2 unspecified atom stereocenters. The van der Waals surface area contributed by atoms with E-state index in [0.717, 1.165) is 0 Å². The Morgan fingerprint density at radius 1 is 1.82 bits per heavy atom. The van der Waals surface area contributed by atoms with Crippen LogP contribution in [0.2, 0.25) is 0 Å². The number of ether oxygens (including phenoxy) is 2. The predicted molar refractivity (Wildman–Crippen MR) is 33.7 cm³/mol. The summed E-state index contributed by atoms with van der Waals surface area (Å²) < 4.78 is 21.8. The van der Waals surface area contributed by atoms with Crippen molar-refractivity contribution in [2.24, 2.45) is 0 Å². The third-order valence-corrected chi connectivity index (χ3v) is 1.38. The maximum Gasteiger partial charge on any atom is 0.339 e. The Hall–Kier alpha value is -0.680. The summed E-state index contributed by atoms with van der Waals surface area (Å²) in [5.41, 5.74) is 0. The lowest BCUT2D eigenvalue weighted by molar-refractivity contribution is -0.164. The highest BCUT2D eigenvalue weighted by molar-refractivity contribution is 5.75. The van der Waals surface area contributed by atoms with Crippen LogP contribution in [-0.4, -0.2) is 38.6 Å². The standard InChI is InChI=1S/C6H9FNO3/c1-10-6(9)4-5(7)8-2-3-11-4/h4-5H,2-3H2,1H3. The lowest BCUT2D eigenvalue weighted by Gasteiger charge is -2.23. The molecule has 0 amide bonds. The molecule has 1 saturated heterocycles. The third-order valence-electron chi connectivity index (χ3n) is 1.38. The SMILES string of the molecule is COC(=O)C1OCC[N]C1F. The molecule has 0 aromatic heterocycles. The van der Waals surface area contributed by atoms with E-state index in [1.54, 1.807) is 0 Å². The van der Waals surface area contributed by atoms with Crippen molar-refractivity contribution in [2.75, 3.05) is 20.3 Å². The molecule has 1 radical (unpaired) electrons. The molecule has 0 aromatic carbocycles. The van der Waals surface area contributed by atoms with E-state index in [9.17, 15) is 9.18 Å². The van der Waals surface area contributed by atoms with Crippen LogP contribution >= 0.6 is 0 Å². The topological polar surface area (TPSA) is 49.6 Å². The van der Waals surface area contributed by atoms with E-state index >= 15 is 0 Å². The van der Waals surface area contributed by atoms with E-state index in [4.69, 9.17) is 4.74 Å². The number of halogens is 1. The van der Waals surface area contributed by atoms with Gasteiger partial charge in [0.15, 0.2) is 0 Å². The normalized spacial score (nSPS) is 31.5. The fourth-order valence-corrected chi connectivity index (χ4v) is 0.827. The number of carbonyl (C=O) groups is 1. The minimum absolute atomic E-state index is 0.278. The van der Waals surface area contributed by atoms with Crippen LogP contribution in [-0.2, 0) is 14.3 Å². The van der Waals surface area contributed by atoms with Gasteiger partial charge in [0.1, 0.15) is 0 Å². The van der Waals surface area contributed by atoms with Crippen molar-refractivity contribution < 1.29 is 18.7 Å². The van der Waals surface area contributed by atoms with Crippen LogP contribution in [0.5, 0.6) is 0 Å². The highest BCUT2D eigenvalue weighted by Crippen LogP contribution is 2.08. The van der Waals surface area contributed by atoms with Crippen molar-refractivity contribution >= 4 is 5.97 Å². The number of morpholine rings is 1. The number of nitrogens with zero attached hydrogens (tertiary/aromatic N) is 1. The first kappa shape index (κ1) is 8.42. The summed E-state index contributed by atoms with van der Waals surface area (Å²) in [4.78, 5) is 10.7. The summed E-state index contributed by atoms with van der Waals surface area (Å²) in [6.45, 7) is 0.578. The summed E-state index contributed by atoms with van der Waals surface area (Å²) in [6, 6.07) is 0. The second-order valence-electron chi connectivity index (χ2n) is 2.09. The third kappa shape index (κ3) is 1.87. The van der Waals surface area contributed by atoms with Crippen LogP contribution in [0.3, 0.4) is 0 Å². The molecule has 4 nitrogen and oxygen atoms in total. The van der Waals surface area contributed by atoms with E-state index < -0.39 is 18.4 Å². The minimum Gasteiger partial charge on any atom is -0.467 e. The van der Waals surface area contributed by atoms with Crippen LogP contribution < -0.4 is 5.32 Å². The van der Waals surface area contributed by atoms with Gasteiger partial charge in [-0.3, -0.25) is 0 Å². The van der Waals surface area contributed by atoms with E-state index in [0.29, 0.717) is 6.54 Å². The van der Waals surface area contributed by atoms with Crippen molar-refractivity contribution in [2.45, 2.75) is 12.4 Å². The van der Waals surface area contributed by atoms with Gasteiger partial charge in [-0.1, -0.05) is 0 Å². The van der Waals surface area contributed by atoms with Crippen molar-refractivity contribution in [3.63, 3.8) is 0 Å². The number of alkyl halides is 1. The molecule has 0 bridgehead atoms. The zero-order valence-electron chi connectivity index (χ0n) is 6.12. The molecule has 0 aromatic rings. The average molecular weight is 162 g/mol. The number of methoxy groups -OCH3 is 1. The highest BCUT2D eigenvalue weighted by atomic mass is 19.1. The monoisotopic (exact) mass is 162 g/mol. The van der Waals surface area contributed by atoms with Gasteiger partial charge in [0.2, 0.25) is 12.4 Å². The Morgan fingerprint density at radius 3 is 3.09 bits per heavy atom. The molecule has 0 spiro atoms. The lowest BCUT2D eigenvalue weighted by atomic mass is 10.3. The fraction of sp³-hybridized carbons (Fsp3) is 0.833. The Balaban J connectivity index is 2.47. The average Bonchev–Trinajstić information content (AvgIpc) is 2.04. The zero-order chi connectivity index (χ0) is 8.27. The highest BCUT2D eigenvalue weighted by Gasteiger charge is 2.33. The summed E-state index contributed by atoms with van der Waals surface area (Å²) in [6.07, 6.45) is -2.73. The first-order chi connectivity index (χ1) is 5.25. The Labute approximate surface area is 63.7 Å². The molecule has 11 heavy (non-hydrogen) atoms. The molecule has 5 heteroatoms. The first-order valence-corrected chi connectivity index (χ1v) is 3.26. The Bertz CT molecular complexity index is 153. The minimum atomic E-state index is -1.57. The molecule has 1 heterocycles. The maximum atomic E-state index is 12.7. The van der Waals surface area contributed by atoms with Crippen molar-refractivity contribution in [3.05, 3.63) is 0 Å². The van der Waals surface area contributed by atoms with Crippen molar-refractivity contribution in [3.8, 4) is 0 Å². The number of carbonyl (C=O) groups excluding carboxylic acids is 1. The number of hydrogen-bond donors (Lipinski definition) is 0. The lowest BCUT2D eigenvalue weighted by Crippen LogP contribution is -2.46. The summed E-state index contributed by atoms with van der Waals surface area (Å²) in [5.74, 6) is -0.707. The van der Waals surface area contributed by atoms with Crippen molar-refractivity contribution in [1.82, 2.24) is 5.32 Å². The molecular formula is C6H9FNO3. The van der Waals surface area contributed by atoms with Gasteiger partial charge < -0.3 is 9.47 Å². The number of hydrogen-bond acceptors (Lipinski definition) is 3. The van der Waals surface area contributed by atoms with E-state index in [1.807, 2.05) is 0 Å². The van der Waals surface area contributed by atoms with Gasteiger partial charge in [-0.05, 0) is 0 Å². The van der Waals surface area contributed by atoms with Crippen LogP contribution in [0.25, 0.3) is 0 Å². The Kier molecular flexibility index (Phi) is 2.78. The summed E-state index contributed by atoms with van der Waals surface area (Å²) in [5, 5.41) is 3.49. The van der Waals surface area contributed by atoms with Crippen LogP contribution in [0.1, 0.15) is 0 Å². The van der Waals surface area contributed by atoms with Gasteiger partial charge in [0.05, 0.1) is 13.7 Å². The molecule has 0 aliphatic carbocycles. The number of rotatable bonds is 1. The van der Waals surface area contributed by atoms with Gasteiger partial charge in [0, 0.05) is 6.54 Å². The number of esters is 1. The van der Waals surface area contributed by atoms with E-state index in [-0.39, 0.29) is 6.61 Å². The molecule has 63 valence electrons. The zero-order valence-corrected chi connectivity index (χ0v) is 6.12. The largest absolute Gasteiger partial charge is 0.467 e. The second-order valence-corrected chi connectivity index (χ2v) is 2.09. The second kappa shape index (κ2) is 3.64. The first-order valence-electron chi connectivity index (χ1n) is 3.26. The molecule has 0 saturated carbocycles. The molecular weight excluding hydrogens is 153 g/mol. The van der Waals surface area contributed by atoms with Crippen molar-refractivity contribution in [1.29, 1.82) is 0 Å². The van der Waals surface area contributed by atoms with Gasteiger partial charge in [-0.2, -0.15) is 0 Å².